The van der Waals surface area contributed by atoms with Crippen molar-refractivity contribution < 1.29 is 4.74 Å². The van der Waals surface area contributed by atoms with Crippen LogP contribution in [-0.4, -0.2) is 29.4 Å². The fraction of sp³-hybridized carbons (Fsp3) is 0.667. The SMILES string of the molecule is CCNc1ncnc(SCCC(C)C)c1OC. The van der Waals surface area contributed by atoms with E-state index in [-0.39, 0.29) is 0 Å². The summed E-state index contributed by atoms with van der Waals surface area (Å²) in [6.07, 6.45) is 2.76. The fourth-order valence-corrected chi connectivity index (χ4v) is 2.54. The first-order chi connectivity index (χ1) is 8.19. The van der Waals surface area contributed by atoms with Gasteiger partial charge in [0.2, 0.25) is 0 Å². The molecule has 1 rings (SSSR count). The van der Waals surface area contributed by atoms with Crippen LogP contribution in [0.2, 0.25) is 0 Å². The molecule has 0 unspecified atom stereocenters. The third-order valence-corrected chi connectivity index (χ3v) is 3.26. The van der Waals surface area contributed by atoms with E-state index in [1.807, 2.05) is 6.92 Å². The van der Waals surface area contributed by atoms with Gasteiger partial charge in [0.05, 0.1) is 7.11 Å². The van der Waals surface area contributed by atoms with Crippen molar-refractivity contribution in [2.75, 3.05) is 24.7 Å². The highest BCUT2D eigenvalue weighted by Gasteiger charge is 2.11. The predicted octanol–water partition coefficient (Wildman–Crippen LogP) is 3.06. The number of ether oxygens (including phenoxy) is 1. The minimum atomic E-state index is 0.712. The molecule has 0 aliphatic rings. The van der Waals surface area contributed by atoms with Crippen molar-refractivity contribution in [2.45, 2.75) is 32.2 Å². The van der Waals surface area contributed by atoms with Crippen LogP contribution in [0.1, 0.15) is 27.2 Å². The van der Waals surface area contributed by atoms with Gasteiger partial charge in [0, 0.05) is 6.54 Å². The van der Waals surface area contributed by atoms with Gasteiger partial charge in [-0.3, -0.25) is 0 Å². The first-order valence-electron chi connectivity index (χ1n) is 5.94. The highest BCUT2D eigenvalue weighted by atomic mass is 32.2. The molecule has 0 bridgehead atoms. The molecule has 5 heteroatoms. The number of anilines is 1. The Kier molecular flexibility index (Phi) is 6.11. The van der Waals surface area contributed by atoms with E-state index < -0.39 is 0 Å². The second-order valence-corrected chi connectivity index (χ2v) is 5.21. The van der Waals surface area contributed by atoms with Crippen LogP contribution >= 0.6 is 11.8 Å². The Morgan fingerprint density at radius 2 is 2.18 bits per heavy atom. The monoisotopic (exact) mass is 255 g/mol. The topological polar surface area (TPSA) is 47.0 Å². The molecule has 4 nitrogen and oxygen atoms in total. The van der Waals surface area contributed by atoms with Gasteiger partial charge in [-0.15, -0.1) is 11.8 Å². The standard InChI is InChI=1S/C12H21N3OS/c1-5-13-11-10(16-4)12(15-8-14-11)17-7-6-9(2)3/h8-9H,5-7H2,1-4H3,(H,13,14,15). The van der Waals surface area contributed by atoms with E-state index in [0.29, 0.717) is 5.92 Å². The number of aromatic nitrogens is 2. The largest absolute Gasteiger partial charge is 0.490 e. The van der Waals surface area contributed by atoms with Gasteiger partial charge in [0.1, 0.15) is 11.4 Å². The zero-order valence-corrected chi connectivity index (χ0v) is 11.8. The van der Waals surface area contributed by atoms with Crippen molar-refractivity contribution in [1.29, 1.82) is 0 Å². The van der Waals surface area contributed by atoms with Gasteiger partial charge in [-0.05, 0) is 25.0 Å². The summed E-state index contributed by atoms with van der Waals surface area (Å²) in [6.45, 7) is 7.31. The van der Waals surface area contributed by atoms with Crippen molar-refractivity contribution in [3.05, 3.63) is 6.33 Å². The Morgan fingerprint density at radius 3 is 2.76 bits per heavy atom. The molecule has 17 heavy (non-hydrogen) atoms. The van der Waals surface area contributed by atoms with Crippen molar-refractivity contribution >= 4 is 17.6 Å². The first kappa shape index (κ1) is 14.1. The maximum absolute atomic E-state index is 5.38. The lowest BCUT2D eigenvalue weighted by Gasteiger charge is -2.12. The summed E-state index contributed by atoms with van der Waals surface area (Å²) in [7, 11) is 1.66. The average molecular weight is 255 g/mol. The Bertz CT molecular complexity index is 345. The van der Waals surface area contributed by atoms with Crippen LogP contribution in [0.15, 0.2) is 11.4 Å². The summed E-state index contributed by atoms with van der Waals surface area (Å²) < 4.78 is 5.38. The first-order valence-corrected chi connectivity index (χ1v) is 6.93. The maximum Gasteiger partial charge on any atom is 0.193 e. The van der Waals surface area contributed by atoms with Crippen molar-refractivity contribution in [3.63, 3.8) is 0 Å². The third-order valence-electron chi connectivity index (χ3n) is 2.25. The molecule has 1 N–H and O–H groups in total. The van der Waals surface area contributed by atoms with Crippen LogP contribution < -0.4 is 10.1 Å². The van der Waals surface area contributed by atoms with E-state index >= 15 is 0 Å². The smallest absolute Gasteiger partial charge is 0.193 e. The number of thioether (sulfide) groups is 1. The summed E-state index contributed by atoms with van der Waals surface area (Å²) in [5.41, 5.74) is 0. The van der Waals surface area contributed by atoms with Crippen LogP contribution in [0.4, 0.5) is 5.82 Å². The fourth-order valence-electron chi connectivity index (χ4n) is 1.33. The van der Waals surface area contributed by atoms with E-state index in [1.165, 1.54) is 6.42 Å². The van der Waals surface area contributed by atoms with E-state index in [2.05, 4.69) is 29.1 Å². The van der Waals surface area contributed by atoms with Gasteiger partial charge in [0.25, 0.3) is 0 Å². The van der Waals surface area contributed by atoms with Gasteiger partial charge in [-0.1, -0.05) is 13.8 Å². The maximum atomic E-state index is 5.38. The molecule has 0 aliphatic heterocycles. The van der Waals surface area contributed by atoms with E-state index in [9.17, 15) is 0 Å². The molecule has 0 saturated carbocycles. The van der Waals surface area contributed by atoms with E-state index in [0.717, 1.165) is 28.9 Å². The highest BCUT2D eigenvalue weighted by Crippen LogP contribution is 2.32. The van der Waals surface area contributed by atoms with Crippen LogP contribution in [0.25, 0.3) is 0 Å². The number of hydrogen-bond acceptors (Lipinski definition) is 5. The molecule has 0 aliphatic carbocycles. The molecule has 1 aromatic rings. The molecule has 0 fully saturated rings. The lowest BCUT2D eigenvalue weighted by atomic mass is 10.2. The molecule has 1 heterocycles. The van der Waals surface area contributed by atoms with Crippen molar-refractivity contribution in [1.82, 2.24) is 9.97 Å². The number of hydrogen-bond donors (Lipinski definition) is 1. The zero-order chi connectivity index (χ0) is 12.7. The summed E-state index contributed by atoms with van der Waals surface area (Å²) in [5.74, 6) is 3.29. The minimum absolute atomic E-state index is 0.712. The van der Waals surface area contributed by atoms with Gasteiger partial charge in [-0.2, -0.15) is 0 Å². The van der Waals surface area contributed by atoms with Crippen LogP contribution in [0, 0.1) is 5.92 Å². The van der Waals surface area contributed by atoms with E-state index in [4.69, 9.17) is 4.74 Å². The van der Waals surface area contributed by atoms with Crippen LogP contribution in [0.3, 0.4) is 0 Å². The minimum Gasteiger partial charge on any atom is -0.490 e. The van der Waals surface area contributed by atoms with Crippen molar-refractivity contribution in [2.24, 2.45) is 5.92 Å². The normalized spacial score (nSPS) is 10.6. The van der Waals surface area contributed by atoms with Crippen molar-refractivity contribution in [3.8, 4) is 5.75 Å². The quantitative estimate of drug-likeness (QED) is 0.599. The summed E-state index contributed by atoms with van der Waals surface area (Å²) in [5, 5.41) is 4.09. The number of rotatable bonds is 7. The molecule has 0 atom stereocenters. The molecule has 96 valence electrons. The molecule has 1 aromatic heterocycles. The molecule has 0 spiro atoms. The van der Waals surface area contributed by atoms with Gasteiger partial charge >= 0.3 is 0 Å². The second-order valence-electron chi connectivity index (χ2n) is 4.12. The predicted molar refractivity (Wildman–Crippen MR) is 72.9 cm³/mol. The molecule has 0 saturated heterocycles. The van der Waals surface area contributed by atoms with Gasteiger partial charge < -0.3 is 10.1 Å². The second kappa shape index (κ2) is 7.37. The molecular weight excluding hydrogens is 234 g/mol. The number of methoxy groups -OCH3 is 1. The zero-order valence-electron chi connectivity index (χ0n) is 11.0. The molecular formula is C12H21N3OS. The Balaban J connectivity index is 2.73. The molecule has 0 aromatic carbocycles. The third kappa shape index (κ3) is 4.42. The van der Waals surface area contributed by atoms with Crippen LogP contribution in [-0.2, 0) is 0 Å². The Hall–Kier alpha value is -0.970. The van der Waals surface area contributed by atoms with Gasteiger partial charge in [0.15, 0.2) is 11.6 Å². The summed E-state index contributed by atoms with van der Waals surface area (Å²) >= 11 is 1.72. The highest BCUT2D eigenvalue weighted by molar-refractivity contribution is 7.99. The van der Waals surface area contributed by atoms with Gasteiger partial charge in [-0.25, -0.2) is 9.97 Å². The molecule has 0 amide bonds. The number of nitrogens with one attached hydrogen (secondary N) is 1. The van der Waals surface area contributed by atoms with Crippen LogP contribution in [0.5, 0.6) is 5.75 Å². The lowest BCUT2D eigenvalue weighted by Crippen LogP contribution is -2.04. The summed E-state index contributed by atoms with van der Waals surface area (Å²) in [6, 6.07) is 0. The molecule has 0 radical (unpaired) electrons. The van der Waals surface area contributed by atoms with E-state index in [1.54, 1.807) is 25.2 Å². The Labute approximate surface area is 108 Å². The Morgan fingerprint density at radius 1 is 1.41 bits per heavy atom. The number of nitrogens with zero attached hydrogens (tertiary/aromatic N) is 2. The average Bonchev–Trinajstić information content (AvgIpc) is 2.29. The summed E-state index contributed by atoms with van der Waals surface area (Å²) in [4.78, 5) is 8.46. The lowest BCUT2D eigenvalue weighted by molar-refractivity contribution is 0.400.